The lowest BCUT2D eigenvalue weighted by molar-refractivity contribution is 0.131. The van der Waals surface area contributed by atoms with Crippen LogP contribution in [0.3, 0.4) is 0 Å². The summed E-state index contributed by atoms with van der Waals surface area (Å²) in [5, 5.41) is 0. The van der Waals surface area contributed by atoms with Gasteiger partial charge in [-0.15, -0.1) is 0 Å². The van der Waals surface area contributed by atoms with Gasteiger partial charge in [0.05, 0.1) is 0 Å². The minimum atomic E-state index is 0.463. The van der Waals surface area contributed by atoms with Crippen LogP contribution in [0.1, 0.15) is 46.0 Å². The molecule has 4 atom stereocenters. The normalized spacial score (nSPS) is 43.9. The molecule has 0 aromatic carbocycles. The summed E-state index contributed by atoms with van der Waals surface area (Å²) in [6.07, 6.45) is 6.64. The molecule has 2 fully saturated rings. The summed E-state index contributed by atoms with van der Waals surface area (Å²) < 4.78 is 0. The summed E-state index contributed by atoms with van der Waals surface area (Å²) in [7, 11) is 0. The zero-order chi connectivity index (χ0) is 10.1. The van der Waals surface area contributed by atoms with E-state index in [9.17, 15) is 0 Å². The Morgan fingerprint density at radius 1 is 1.36 bits per heavy atom. The average molecular weight is 196 g/mol. The van der Waals surface area contributed by atoms with E-state index in [2.05, 4.69) is 18.7 Å². The molecular formula is C12H24N2. The topological polar surface area (TPSA) is 29.3 Å². The molecule has 0 radical (unpaired) electrons. The SMILES string of the molecule is CCCC1CC1N1CCC(N)CC1C. The van der Waals surface area contributed by atoms with Crippen molar-refractivity contribution in [3.63, 3.8) is 0 Å². The van der Waals surface area contributed by atoms with Crippen molar-refractivity contribution in [1.82, 2.24) is 4.90 Å². The van der Waals surface area contributed by atoms with Crippen LogP contribution in [0.15, 0.2) is 0 Å². The van der Waals surface area contributed by atoms with E-state index in [-0.39, 0.29) is 0 Å². The maximum absolute atomic E-state index is 5.97. The Labute approximate surface area is 87.8 Å². The molecule has 2 nitrogen and oxygen atoms in total. The summed E-state index contributed by atoms with van der Waals surface area (Å²) in [4.78, 5) is 2.71. The summed E-state index contributed by atoms with van der Waals surface area (Å²) in [6, 6.07) is 2.10. The van der Waals surface area contributed by atoms with Crippen LogP contribution in [-0.2, 0) is 0 Å². The van der Waals surface area contributed by atoms with Crippen LogP contribution in [0.4, 0.5) is 0 Å². The van der Waals surface area contributed by atoms with Gasteiger partial charge in [0.25, 0.3) is 0 Å². The number of likely N-dealkylation sites (tertiary alicyclic amines) is 1. The van der Waals surface area contributed by atoms with Gasteiger partial charge in [-0.2, -0.15) is 0 Å². The zero-order valence-electron chi connectivity index (χ0n) is 9.58. The Morgan fingerprint density at radius 3 is 2.79 bits per heavy atom. The van der Waals surface area contributed by atoms with Crippen LogP contribution in [0.5, 0.6) is 0 Å². The molecule has 0 amide bonds. The quantitative estimate of drug-likeness (QED) is 0.748. The Bertz CT molecular complexity index is 193. The standard InChI is InChI=1S/C12H24N2/c1-3-4-10-8-12(10)14-6-5-11(13)7-9(14)2/h9-12H,3-8,13H2,1-2H3. The third-order valence-corrected chi connectivity index (χ3v) is 3.94. The van der Waals surface area contributed by atoms with E-state index < -0.39 is 0 Å². The fraction of sp³-hybridized carbons (Fsp3) is 1.00. The minimum absolute atomic E-state index is 0.463. The number of hydrogen-bond acceptors (Lipinski definition) is 2. The Kier molecular flexibility index (Phi) is 3.13. The van der Waals surface area contributed by atoms with E-state index in [1.54, 1.807) is 0 Å². The number of hydrogen-bond donors (Lipinski definition) is 1. The first-order valence-corrected chi connectivity index (χ1v) is 6.23. The van der Waals surface area contributed by atoms with Gasteiger partial charge in [0.2, 0.25) is 0 Å². The van der Waals surface area contributed by atoms with Crippen LogP contribution in [0, 0.1) is 5.92 Å². The molecule has 1 saturated carbocycles. The molecule has 0 bridgehead atoms. The Hall–Kier alpha value is -0.0800. The summed E-state index contributed by atoms with van der Waals surface area (Å²) in [6.45, 7) is 5.89. The molecule has 2 rings (SSSR count). The molecule has 1 aliphatic carbocycles. The highest BCUT2D eigenvalue weighted by molar-refractivity contribution is 4.98. The zero-order valence-corrected chi connectivity index (χ0v) is 9.58. The highest BCUT2D eigenvalue weighted by Crippen LogP contribution is 2.41. The second-order valence-corrected chi connectivity index (χ2v) is 5.22. The Balaban J connectivity index is 1.81. The monoisotopic (exact) mass is 196 g/mol. The van der Waals surface area contributed by atoms with E-state index in [0.29, 0.717) is 6.04 Å². The second-order valence-electron chi connectivity index (χ2n) is 5.22. The van der Waals surface area contributed by atoms with Gasteiger partial charge in [-0.3, -0.25) is 4.90 Å². The lowest BCUT2D eigenvalue weighted by atomic mass is 9.99. The molecule has 14 heavy (non-hydrogen) atoms. The van der Waals surface area contributed by atoms with Gasteiger partial charge < -0.3 is 5.73 Å². The van der Waals surface area contributed by atoms with Crippen molar-refractivity contribution in [2.45, 2.75) is 64.1 Å². The smallest absolute Gasteiger partial charge is 0.0130 e. The lowest BCUT2D eigenvalue weighted by Gasteiger charge is -2.36. The van der Waals surface area contributed by atoms with Crippen molar-refractivity contribution in [3.05, 3.63) is 0 Å². The van der Waals surface area contributed by atoms with Gasteiger partial charge in [-0.05, 0) is 38.5 Å². The van der Waals surface area contributed by atoms with Crippen molar-refractivity contribution < 1.29 is 0 Å². The molecule has 0 aromatic rings. The predicted octanol–water partition coefficient (Wildman–Crippen LogP) is 1.99. The van der Waals surface area contributed by atoms with Gasteiger partial charge >= 0.3 is 0 Å². The summed E-state index contributed by atoms with van der Waals surface area (Å²) in [5.74, 6) is 1.01. The first-order chi connectivity index (χ1) is 6.72. The van der Waals surface area contributed by atoms with Gasteiger partial charge in [0, 0.05) is 24.7 Å². The largest absolute Gasteiger partial charge is 0.328 e. The molecule has 0 aromatic heterocycles. The number of nitrogens with two attached hydrogens (primary N) is 1. The van der Waals surface area contributed by atoms with Crippen LogP contribution in [0.25, 0.3) is 0 Å². The molecule has 82 valence electrons. The van der Waals surface area contributed by atoms with Gasteiger partial charge in [-0.25, -0.2) is 0 Å². The molecule has 1 aliphatic heterocycles. The highest BCUT2D eigenvalue weighted by Gasteiger charge is 2.43. The Morgan fingerprint density at radius 2 is 2.14 bits per heavy atom. The molecule has 2 N–H and O–H groups in total. The molecule has 2 heteroatoms. The van der Waals surface area contributed by atoms with E-state index in [1.165, 1.54) is 38.6 Å². The van der Waals surface area contributed by atoms with Crippen LogP contribution >= 0.6 is 0 Å². The fourth-order valence-electron chi connectivity index (χ4n) is 3.04. The number of nitrogens with zero attached hydrogens (tertiary/aromatic N) is 1. The van der Waals surface area contributed by atoms with Gasteiger partial charge in [-0.1, -0.05) is 13.3 Å². The molecule has 1 saturated heterocycles. The van der Waals surface area contributed by atoms with Gasteiger partial charge in [0.15, 0.2) is 0 Å². The number of piperidine rings is 1. The molecule has 0 spiro atoms. The molecule has 1 heterocycles. The van der Waals surface area contributed by atoms with E-state index >= 15 is 0 Å². The molecule has 4 unspecified atom stereocenters. The molecule has 2 aliphatic rings. The maximum Gasteiger partial charge on any atom is 0.0130 e. The van der Waals surface area contributed by atoms with Crippen molar-refractivity contribution >= 4 is 0 Å². The lowest BCUT2D eigenvalue weighted by Crippen LogP contribution is -2.46. The van der Waals surface area contributed by atoms with Crippen LogP contribution in [-0.4, -0.2) is 29.6 Å². The van der Waals surface area contributed by atoms with Crippen LogP contribution < -0.4 is 5.73 Å². The highest BCUT2D eigenvalue weighted by atomic mass is 15.2. The van der Waals surface area contributed by atoms with Gasteiger partial charge in [0.1, 0.15) is 0 Å². The number of rotatable bonds is 3. The third kappa shape index (κ3) is 2.12. The van der Waals surface area contributed by atoms with Crippen molar-refractivity contribution in [2.75, 3.05) is 6.54 Å². The fourth-order valence-corrected chi connectivity index (χ4v) is 3.04. The average Bonchev–Trinajstić information content (AvgIpc) is 2.84. The van der Waals surface area contributed by atoms with Crippen molar-refractivity contribution in [3.8, 4) is 0 Å². The summed E-state index contributed by atoms with van der Waals surface area (Å²) in [5.41, 5.74) is 5.97. The summed E-state index contributed by atoms with van der Waals surface area (Å²) >= 11 is 0. The maximum atomic E-state index is 5.97. The van der Waals surface area contributed by atoms with Crippen molar-refractivity contribution in [2.24, 2.45) is 11.7 Å². The van der Waals surface area contributed by atoms with E-state index in [1.807, 2.05) is 0 Å². The first-order valence-electron chi connectivity index (χ1n) is 6.23. The van der Waals surface area contributed by atoms with E-state index in [0.717, 1.165) is 18.0 Å². The van der Waals surface area contributed by atoms with E-state index in [4.69, 9.17) is 5.73 Å². The molecular weight excluding hydrogens is 172 g/mol. The minimum Gasteiger partial charge on any atom is -0.328 e. The second kappa shape index (κ2) is 4.19. The first kappa shape index (κ1) is 10.4. The van der Waals surface area contributed by atoms with Crippen molar-refractivity contribution in [1.29, 1.82) is 0 Å². The predicted molar refractivity (Wildman–Crippen MR) is 60.2 cm³/mol. The third-order valence-electron chi connectivity index (χ3n) is 3.94. The van der Waals surface area contributed by atoms with Crippen LogP contribution in [0.2, 0.25) is 0 Å².